The molecule has 2 heterocycles. The van der Waals surface area contributed by atoms with E-state index in [1.165, 1.54) is 278 Å². The smallest absolute Gasteiger partial charge is 0.144 e. The Balaban J connectivity index is 0.812. The molecule has 16 aromatic rings. The van der Waals surface area contributed by atoms with Crippen molar-refractivity contribution >= 4 is 55.5 Å². The van der Waals surface area contributed by atoms with Gasteiger partial charge in [0.15, 0.2) is 0 Å². The van der Waals surface area contributed by atoms with E-state index >= 15 is 0 Å². The van der Waals surface area contributed by atoms with Crippen molar-refractivity contribution in [2.75, 3.05) is 0 Å². The van der Waals surface area contributed by atoms with Gasteiger partial charge in [-0.25, -0.2) is 0 Å². The summed E-state index contributed by atoms with van der Waals surface area (Å²) in [7, 11) is 0. The van der Waals surface area contributed by atoms with Gasteiger partial charge in [-0.3, -0.25) is 0 Å². The van der Waals surface area contributed by atoms with Crippen LogP contribution in [0, 0.1) is 0 Å². The summed E-state index contributed by atoms with van der Waals surface area (Å²) in [5.74, 6) is 0. The molecular formula is C122H118O2. The summed E-state index contributed by atoms with van der Waals surface area (Å²) in [5.41, 5.74) is 39.9. The van der Waals surface area contributed by atoms with Gasteiger partial charge in [-0.15, -0.1) is 0 Å². The quantitative estimate of drug-likeness (QED) is 0.0310. The van der Waals surface area contributed by atoms with E-state index in [1.54, 1.807) is 22.3 Å². The fourth-order valence-electron chi connectivity index (χ4n) is 25.1. The highest BCUT2D eigenvalue weighted by molar-refractivity contribution is 6.21. The van der Waals surface area contributed by atoms with Crippen molar-refractivity contribution in [2.24, 2.45) is 0 Å². The van der Waals surface area contributed by atoms with E-state index in [0.29, 0.717) is 6.42 Å². The molecule has 0 amide bonds. The molecule has 0 radical (unpaired) electrons. The van der Waals surface area contributed by atoms with Gasteiger partial charge >= 0.3 is 0 Å². The monoisotopic (exact) mass is 1610 g/mol. The van der Waals surface area contributed by atoms with Crippen LogP contribution in [0.3, 0.4) is 0 Å². The predicted molar refractivity (Wildman–Crippen MR) is 524 cm³/mol. The van der Waals surface area contributed by atoms with Gasteiger partial charge in [0.2, 0.25) is 0 Å². The highest BCUT2D eigenvalue weighted by Gasteiger charge is 2.56. The number of hydrogen-bond donors (Lipinski definition) is 0. The standard InChI is InChI=1S/C122H118O2/c1-7-11-15-19-43-72-119(73-44-20-16-12-8-2)99-62-40-36-57-92(99)114-116(119)115-112(113-95-59-38-42-65-107(95)124-117(113)114)93-69-67-82(78-102(93)120(115,74-45-21-17-13-9-3)75-46-22-18-14-10-4)76-84(89-60-47-63-100-109(89)91-56-35-39-61-98(91)118(100,5)6)77-83-66-68-90-96-80-105-97(81-104(96)122(103(90)79-83,87-52-31-25-32-53-87)88-54-33-26-34-55-88)110-101(70-71-108-111(110)94-58-37-41-64-106(94)123-108)121(105,85-48-27-23-28-49-85)86-50-29-24-30-51-86/h23-42,47-71,76,78-81H,7-22,43-46,72-75,77H2,1-6H3/b84-76-. The van der Waals surface area contributed by atoms with E-state index in [2.05, 4.69) is 345 Å². The van der Waals surface area contributed by atoms with Crippen molar-refractivity contribution in [2.45, 2.75) is 229 Å². The Labute approximate surface area is 736 Å². The first kappa shape index (κ1) is 79.6. The number of para-hydroxylation sites is 2. The third-order valence-corrected chi connectivity index (χ3v) is 30.6. The molecule has 2 aromatic heterocycles. The Kier molecular flexibility index (Phi) is 21.1. The maximum Gasteiger partial charge on any atom is 0.144 e. The van der Waals surface area contributed by atoms with Crippen molar-refractivity contribution in [3.8, 4) is 55.6 Å². The van der Waals surface area contributed by atoms with Crippen LogP contribution in [0.15, 0.2) is 306 Å². The Hall–Kier alpha value is -11.6. The van der Waals surface area contributed by atoms with Crippen molar-refractivity contribution < 1.29 is 8.83 Å². The molecule has 0 bridgehead atoms. The Morgan fingerprint density at radius 2 is 0.726 bits per heavy atom. The highest BCUT2D eigenvalue weighted by atomic mass is 16.3. The molecule has 618 valence electrons. The molecular weight excluding hydrogens is 1500 g/mol. The average molecular weight is 1620 g/mol. The molecule has 2 heteroatoms. The molecule has 0 aliphatic heterocycles. The molecule has 5 aliphatic rings. The Bertz CT molecular complexity index is 6630. The lowest BCUT2D eigenvalue weighted by atomic mass is 9.62. The van der Waals surface area contributed by atoms with Crippen molar-refractivity contribution in [3.63, 3.8) is 0 Å². The van der Waals surface area contributed by atoms with E-state index < -0.39 is 10.8 Å². The van der Waals surface area contributed by atoms with E-state index in [0.717, 1.165) is 53.4 Å². The van der Waals surface area contributed by atoms with E-state index in [-0.39, 0.29) is 16.2 Å². The van der Waals surface area contributed by atoms with Crippen molar-refractivity contribution in [3.05, 3.63) is 392 Å². The predicted octanol–water partition coefficient (Wildman–Crippen LogP) is 34.3. The van der Waals surface area contributed by atoms with Crippen LogP contribution in [-0.4, -0.2) is 0 Å². The summed E-state index contributed by atoms with van der Waals surface area (Å²) in [6, 6.07) is 116. The first-order chi connectivity index (χ1) is 61.1. The van der Waals surface area contributed by atoms with Gasteiger partial charge in [0.25, 0.3) is 0 Å². The summed E-state index contributed by atoms with van der Waals surface area (Å²) < 4.78 is 14.6. The molecule has 0 fully saturated rings. The van der Waals surface area contributed by atoms with Crippen LogP contribution < -0.4 is 0 Å². The first-order valence-corrected chi connectivity index (χ1v) is 47.8. The minimum absolute atomic E-state index is 0.175. The third kappa shape index (κ3) is 12.5. The minimum Gasteiger partial charge on any atom is -0.456 e. The van der Waals surface area contributed by atoms with Gasteiger partial charge in [-0.05, 0) is 213 Å². The third-order valence-electron chi connectivity index (χ3n) is 30.6. The van der Waals surface area contributed by atoms with Crippen LogP contribution in [0.25, 0.3) is 111 Å². The molecule has 5 aliphatic carbocycles. The van der Waals surface area contributed by atoms with E-state index in [9.17, 15) is 0 Å². The second-order valence-corrected chi connectivity index (χ2v) is 38.0. The molecule has 0 atom stereocenters. The average Bonchev–Trinajstić information content (AvgIpc) is 1.50. The second-order valence-electron chi connectivity index (χ2n) is 38.0. The SMILES string of the molecule is CCCCCCCC1(CCCCCCC)c2ccccc2-c2c1c1c(c3c2oc2ccccc23)-c2ccc(/C=C(/Cc3ccc4c(c3)C(c3ccccc3)(c3ccccc3)c3cc5c(cc3-4)C(c3ccccc3)(c3ccccc3)c3ccc4oc6ccccc6c4c3-5)c3cccc4c3-c3ccccc3C4(C)C)cc2C1(CCCCCCC)CCCCCCC. The lowest BCUT2D eigenvalue weighted by molar-refractivity contribution is 0.369. The Morgan fingerprint density at radius 3 is 1.31 bits per heavy atom. The molecule has 0 saturated carbocycles. The van der Waals surface area contributed by atoms with Crippen LogP contribution in [-0.2, 0) is 33.5 Å². The normalized spacial score (nSPS) is 15.2. The first-order valence-electron chi connectivity index (χ1n) is 47.8. The van der Waals surface area contributed by atoms with Crippen molar-refractivity contribution in [1.82, 2.24) is 0 Å². The summed E-state index contributed by atoms with van der Waals surface area (Å²) >= 11 is 0. The van der Waals surface area contributed by atoms with Crippen molar-refractivity contribution in [1.29, 1.82) is 0 Å². The number of fused-ring (bicyclic) bond motifs is 25. The largest absolute Gasteiger partial charge is 0.456 e. The van der Waals surface area contributed by atoms with Gasteiger partial charge in [-0.1, -0.05) is 443 Å². The summed E-state index contributed by atoms with van der Waals surface area (Å²) in [5, 5.41) is 4.88. The second kappa shape index (κ2) is 32.8. The number of benzene rings is 14. The number of allylic oxidation sites excluding steroid dienone is 1. The fourth-order valence-corrected chi connectivity index (χ4v) is 25.1. The van der Waals surface area contributed by atoms with Crippen LogP contribution in [0.2, 0.25) is 0 Å². The number of furan rings is 2. The summed E-state index contributed by atoms with van der Waals surface area (Å²) in [6.07, 6.45) is 33.0. The molecule has 14 aromatic carbocycles. The maximum absolute atomic E-state index is 7.67. The molecule has 0 saturated heterocycles. The molecule has 2 nitrogen and oxygen atoms in total. The maximum atomic E-state index is 7.67. The minimum atomic E-state index is -0.739. The summed E-state index contributed by atoms with van der Waals surface area (Å²) in [4.78, 5) is 0. The zero-order chi connectivity index (χ0) is 83.7. The van der Waals surface area contributed by atoms with Gasteiger partial charge in [0, 0.05) is 43.4 Å². The number of hydrogen-bond acceptors (Lipinski definition) is 2. The summed E-state index contributed by atoms with van der Waals surface area (Å²) in [6.45, 7) is 14.4. The van der Waals surface area contributed by atoms with Crippen LogP contribution in [0.5, 0.6) is 0 Å². The van der Waals surface area contributed by atoms with Gasteiger partial charge in [0.1, 0.15) is 22.3 Å². The van der Waals surface area contributed by atoms with Crippen LogP contribution >= 0.6 is 0 Å². The topological polar surface area (TPSA) is 26.3 Å². The van der Waals surface area contributed by atoms with E-state index in [1.807, 2.05) is 0 Å². The van der Waals surface area contributed by atoms with E-state index in [4.69, 9.17) is 8.83 Å². The van der Waals surface area contributed by atoms with Crippen LogP contribution in [0.1, 0.15) is 290 Å². The molecule has 0 spiro atoms. The fraction of sp³-hybridized carbons (Fsp3) is 0.295. The number of unbranched alkanes of at least 4 members (excludes halogenated alkanes) is 16. The van der Waals surface area contributed by atoms with Crippen LogP contribution in [0.4, 0.5) is 0 Å². The zero-order valence-electron chi connectivity index (χ0n) is 73.9. The molecule has 124 heavy (non-hydrogen) atoms. The highest BCUT2D eigenvalue weighted by Crippen LogP contribution is 2.69. The zero-order valence-corrected chi connectivity index (χ0v) is 73.9. The van der Waals surface area contributed by atoms with Gasteiger partial charge in [-0.2, -0.15) is 0 Å². The Morgan fingerprint density at radius 1 is 0.282 bits per heavy atom. The lowest BCUT2D eigenvalue weighted by Crippen LogP contribution is -2.33. The molecule has 0 unspecified atom stereocenters. The molecule has 0 N–H and O–H groups in total. The van der Waals surface area contributed by atoms with Gasteiger partial charge < -0.3 is 8.83 Å². The van der Waals surface area contributed by atoms with Gasteiger partial charge in [0.05, 0.1) is 10.8 Å². The number of rotatable bonds is 32. The lowest BCUT2D eigenvalue weighted by Gasteiger charge is -2.40. The molecule has 21 rings (SSSR count).